The third-order valence-electron chi connectivity index (χ3n) is 8.59. The predicted molar refractivity (Wildman–Crippen MR) is 145 cm³/mol. The second kappa shape index (κ2) is 10.3. The number of nitrogens with zero attached hydrogens (tertiary/aromatic N) is 3. The first kappa shape index (κ1) is 26.7. The molecule has 0 radical (unpaired) electrons. The van der Waals surface area contributed by atoms with E-state index in [0.29, 0.717) is 30.8 Å². The van der Waals surface area contributed by atoms with Crippen LogP contribution in [0.25, 0.3) is 0 Å². The summed E-state index contributed by atoms with van der Waals surface area (Å²) in [5, 5.41) is 15.7. The molecule has 0 spiro atoms. The number of urea groups is 1. The van der Waals surface area contributed by atoms with Crippen molar-refractivity contribution >= 4 is 29.4 Å². The number of rotatable bonds is 8. The molecule has 1 saturated carbocycles. The number of hydrogen-bond donors (Lipinski definition) is 4. The van der Waals surface area contributed by atoms with Crippen molar-refractivity contribution in [3.63, 3.8) is 0 Å². The number of hydrogen-bond acceptors (Lipinski definition) is 5. The molecule has 4 N–H and O–H groups in total. The highest BCUT2D eigenvalue weighted by molar-refractivity contribution is 6.01. The smallest absolute Gasteiger partial charge is 0.318 e. The number of likely N-dealkylation sites (N-methyl/N-ethyl adjacent to an activating group) is 1. The average molecular weight is 536 g/mol. The van der Waals surface area contributed by atoms with E-state index in [2.05, 4.69) is 40.2 Å². The Hall–Kier alpha value is -3.89. The molecular weight excluding hydrogens is 498 g/mol. The average Bonchev–Trinajstić information content (AvgIpc) is 3.58. The summed E-state index contributed by atoms with van der Waals surface area (Å²) in [6, 6.07) is 6.31. The van der Waals surface area contributed by atoms with Crippen LogP contribution in [0.15, 0.2) is 30.5 Å². The van der Waals surface area contributed by atoms with E-state index in [0.717, 1.165) is 30.4 Å². The monoisotopic (exact) mass is 535 g/mol. The topological polar surface area (TPSA) is 137 Å². The van der Waals surface area contributed by atoms with E-state index in [1.54, 1.807) is 31.3 Å². The molecule has 1 aromatic heterocycles. The molecule has 1 unspecified atom stereocenters. The third-order valence-corrected chi connectivity index (χ3v) is 8.59. The summed E-state index contributed by atoms with van der Waals surface area (Å²) < 4.78 is 1.48. The van der Waals surface area contributed by atoms with Crippen LogP contribution >= 0.6 is 0 Å². The summed E-state index contributed by atoms with van der Waals surface area (Å²) >= 11 is 0. The van der Waals surface area contributed by atoms with Gasteiger partial charge < -0.3 is 26.2 Å². The molecule has 5 rings (SSSR count). The fourth-order valence-electron chi connectivity index (χ4n) is 5.95. The number of carbonyl (C=O) groups excluding carboxylic acids is 4. The van der Waals surface area contributed by atoms with E-state index in [1.165, 1.54) is 4.68 Å². The Bertz CT molecular complexity index is 1300. The number of carbonyl (C=O) groups is 4. The summed E-state index contributed by atoms with van der Waals surface area (Å²) in [6.07, 6.45) is 5.08. The molecule has 1 aromatic carbocycles. The molecule has 1 aliphatic heterocycles. The molecule has 208 valence electrons. The highest BCUT2D eigenvalue weighted by Crippen LogP contribution is 2.38. The van der Waals surface area contributed by atoms with Crippen LogP contribution in [0, 0.1) is 11.8 Å². The van der Waals surface area contributed by atoms with Crippen molar-refractivity contribution in [2.45, 2.75) is 63.6 Å². The largest absolute Gasteiger partial charge is 0.357 e. The Morgan fingerprint density at radius 1 is 1.13 bits per heavy atom. The molecular formula is C28H37N7O4. The van der Waals surface area contributed by atoms with Gasteiger partial charge in [0.25, 0.3) is 5.91 Å². The number of amides is 5. The van der Waals surface area contributed by atoms with Crippen molar-refractivity contribution in [2.24, 2.45) is 18.9 Å². The minimum atomic E-state index is -1.03. The van der Waals surface area contributed by atoms with Gasteiger partial charge in [0.05, 0.1) is 6.04 Å². The zero-order chi connectivity index (χ0) is 27.9. The zero-order valence-corrected chi connectivity index (χ0v) is 22.9. The molecule has 2 aromatic rings. The summed E-state index contributed by atoms with van der Waals surface area (Å²) in [6.45, 7) is 4.56. The van der Waals surface area contributed by atoms with Crippen molar-refractivity contribution in [1.82, 2.24) is 30.6 Å². The number of nitrogens with one attached hydrogen (secondary N) is 4. The van der Waals surface area contributed by atoms with Crippen molar-refractivity contribution < 1.29 is 19.2 Å². The van der Waals surface area contributed by atoms with Gasteiger partial charge in [-0.3, -0.25) is 19.1 Å². The van der Waals surface area contributed by atoms with Gasteiger partial charge in [0.2, 0.25) is 11.8 Å². The van der Waals surface area contributed by atoms with E-state index in [9.17, 15) is 19.2 Å². The van der Waals surface area contributed by atoms with Gasteiger partial charge in [0.15, 0.2) is 0 Å². The molecule has 11 nitrogen and oxygen atoms in total. The predicted octanol–water partition coefficient (Wildman–Crippen LogP) is 1.59. The first-order chi connectivity index (χ1) is 18.6. The maximum atomic E-state index is 13.4. The van der Waals surface area contributed by atoms with Crippen molar-refractivity contribution in [3.8, 4) is 0 Å². The summed E-state index contributed by atoms with van der Waals surface area (Å²) in [7, 11) is 3.28. The highest BCUT2D eigenvalue weighted by atomic mass is 16.2. The zero-order valence-electron chi connectivity index (χ0n) is 22.9. The van der Waals surface area contributed by atoms with Crippen LogP contribution in [0.3, 0.4) is 0 Å². The SMILES string of the molecule is CNC(=O)C1(N2C[C@@H](C(C)C)NC2=O)Cc2ccc(NC(=O)[C@@H](NC(=O)c3ccnn3C)C3CCC3)cc2C1. The fourth-order valence-corrected chi connectivity index (χ4v) is 5.95. The van der Waals surface area contributed by atoms with Gasteiger partial charge in [0.1, 0.15) is 17.3 Å². The van der Waals surface area contributed by atoms with Crippen LogP contribution in [-0.2, 0) is 29.5 Å². The van der Waals surface area contributed by atoms with E-state index in [1.807, 2.05) is 18.2 Å². The molecule has 2 heterocycles. The van der Waals surface area contributed by atoms with Crippen LogP contribution in [0.2, 0.25) is 0 Å². The molecule has 3 atom stereocenters. The standard InChI is InChI=1S/C28H37N7O4/c1-16(2)21-15-35(27(39)32-21)28(26(38)29-3)13-18-8-9-20(12-19(18)14-28)31-25(37)23(17-6-5-7-17)33-24(36)22-10-11-30-34(22)4/h8-12,16-17,21,23H,5-7,13-15H2,1-4H3,(H,29,38)(H,31,37)(H,32,39)(H,33,36)/t21-,23-,28?/m0/s1. The number of anilines is 1. The first-order valence-electron chi connectivity index (χ1n) is 13.6. The molecule has 3 aliphatic rings. The van der Waals surface area contributed by atoms with E-state index in [-0.39, 0.29) is 41.6 Å². The Labute approximate surface area is 228 Å². The number of benzene rings is 1. The summed E-state index contributed by atoms with van der Waals surface area (Å²) in [5.41, 5.74) is 1.84. The Morgan fingerprint density at radius 3 is 2.46 bits per heavy atom. The quantitative estimate of drug-likeness (QED) is 0.407. The highest BCUT2D eigenvalue weighted by Gasteiger charge is 2.53. The van der Waals surface area contributed by atoms with Gasteiger partial charge in [0, 0.05) is 45.4 Å². The van der Waals surface area contributed by atoms with Crippen LogP contribution in [0.5, 0.6) is 0 Å². The first-order valence-corrected chi connectivity index (χ1v) is 13.6. The second-order valence-electron chi connectivity index (χ2n) is 11.3. The Morgan fingerprint density at radius 2 is 1.87 bits per heavy atom. The van der Waals surface area contributed by atoms with Gasteiger partial charge in [-0.2, -0.15) is 5.10 Å². The van der Waals surface area contributed by atoms with Gasteiger partial charge in [-0.05, 0) is 54.0 Å². The van der Waals surface area contributed by atoms with E-state index < -0.39 is 11.6 Å². The normalized spacial score (nSPS) is 23.2. The van der Waals surface area contributed by atoms with Crippen LogP contribution in [-0.4, -0.2) is 69.6 Å². The number of aryl methyl sites for hydroxylation is 1. The molecule has 2 aliphatic carbocycles. The molecule has 1 saturated heterocycles. The van der Waals surface area contributed by atoms with E-state index in [4.69, 9.17) is 0 Å². The minimum Gasteiger partial charge on any atom is -0.357 e. The van der Waals surface area contributed by atoms with Gasteiger partial charge in [-0.25, -0.2) is 4.79 Å². The molecule has 11 heteroatoms. The van der Waals surface area contributed by atoms with Crippen molar-refractivity contribution in [1.29, 1.82) is 0 Å². The van der Waals surface area contributed by atoms with Crippen molar-refractivity contribution in [3.05, 3.63) is 47.3 Å². The fraction of sp³-hybridized carbons (Fsp3) is 0.536. The van der Waals surface area contributed by atoms with Gasteiger partial charge in [-0.1, -0.05) is 26.3 Å². The lowest BCUT2D eigenvalue weighted by Crippen LogP contribution is -2.60. The third kappa shape index (κ3) is 4.86. The van der Waals surface area contributed by atoms with Crippen LogP contribution in [0.1, 0.15) is 54.7 Å². The molecule has 2 fully saturated rings. The number of aromatic nitrogens is 2. The van der Waals surface area contributed by atoms with Crippen LogP contribution < -0.4 is 21.3 Å². The molecule has 0 bridgehead atoms. The lowest BCUT2D eigenvalue weighted by atomic mass is 9.79. The molecule has 5 amide bonds. The van der Waals surface area contributed by atoms with E-state index >= 15 is 0 Å². The van der Waals surface area contributed by atoms with Crippen LogP contribution in [0.4, 0.5) is 10.5 Å². The van der Waals surface area contributed by atoms with Crippen molar-refractivity contribution in [2.75, 3.05) is 18.9 Å². The lowest BCUT2D eigenvalue weighted by Gasteiger charge is -2.36. The Balaban J connectivity index is 1.34. The minimum absolute atomic E-state index is 0.0254. The Kier molecular flexibility index (Phi) is 7.09. The number of fused-ring (bicyclic) bond motifs is 1. The maximum absolute atomic E-state index is 13.4. The summed E-state index contributed by atoms with van der Waals surface area (Å²) in [5.74, 6) is -0.500. The second-order valence-corrected chi connectivity index (χ2v) is 11.3. The maximum Gasteiger partial charge on any atom is 0.318 e. The lowest BCUT2D eigenvalue weighted by molar-refractivity contribution is -0.130. The summed E-state index contributed by atoms with van der Waals surface area (Å²) in [4.78, 5) is 54.1. The van der Waals surface area contributed by atoms with Gasteiger partial charge >= 0.3 is 6.03 Å². The molecule has 39 heavy (non-hydrogen) atoms. The van der Waals surface area contributed by atoms with Gasteiger partial charge in [-0.15, -0.1) is 0 Å².